The number of fused-ring (bicyclic) bond motifs is 1. The zero-order valence-electron chi connectivity index (χ0n) is 10.9. The normalized spacial score (nSPS) is 10.8. The maximum atomic E-state index is 12.9. The van der Waals surface area contributed by atoms with Gasteiger partial charge in [0, 0.05) is 22.7 Å². The van der Waals surface area contributed by atoms with Gasteiger partial charge in [-0.1, -0.05) is 29.8 Å². The maximum Gasteiger partial charge on any atom is 0.202 e. The lowest BCUT2D eigenvalue weighted by molar-refractivity contribution is 0.0923. The number of aromatic amines is 1. The van der Waals surface area contributed by atoms with E-state index < -0.39 is 5.82 Å². The van der Waals surface area contributed by atoms with Gasteiger partial charge in [0.25, 0.3) is 0 Å². The Morgan fingerprint density at radius 3 is 2.86 bits per heavy atom. The lowest BCUT2D eigenvalue weighted by atomic mass is 10.1. The van der Waals surface area contributed by atoms with E-state index in [0.717, 1.165) is 17.0 Å². The summed E-state index contributed by atoms with van der Waals surface area (Å²) >= 11 is 5.85. The molecule has 0 aliphatic rings. The SMILES string of the molecule is O=C(COc1ccc(F)cc1Cl)c1c[nH]c2ccccc12. The van der Waals surface area contributed by atoms with Gasteiger partial charge in [-0.25, -0.2) is 4.39 Å². The number of carbonyl (C=O) groups is 1. The number of hydrogen-bond acceptors (Lipinski definition) is 2. The van der Waals surface area contributed by atoms with Gasteiger partial charge in [-0.3, -0.25) is 4.79 Å². The standard InChI is InChI=1S/C16H11ClFNO2/c17-13-7-10(18)5-6-16(13)21-9-15(20)12-8-19-14-4-2-1-3-11(12)14/h1-8,19H,9H2. The summed E-state index contributed by atoms with van der Waals surface area (Å²) in [5, 5.41) is 0.984. The Labute approximate surface area is 125 Å². The molecule has 1 heterocycles. The summed E-state index contributed by atoms with van der Waals surface area (Å²) in [6, 6.07) is 11.3. The number of halogens is 2. The average molecular weight is 304 g/mol. The van der Waals surface area contributed by atoms with Crippen molar-refractivity contribution in [2.45, 2.75) is 0 Å². The van der Waals surface area contributed by atoms with Crippen molar-refractivity contribution in [1.29, 1.82) is 0 Å². The molecule has 0 unspecified atom stereocenters. The first-order chi connectivity index (χ1) is 10.1. The average Bonchev–Trinajstić information content (AvgIpc) is 2.90. The van der Waals surface area contributed by atoms with Crippen LogP contribution < -0.4 is 4.74 Å². The van der Waals surface area contributed by atoms with Gasteiger partial charge in [-0.2, -0.15) is 0 Å². The number of Topliss-reactive ketones (excluding diaryl/α,β-unsaturated/α-hetero) is 1. The molecule has 0 amide bonds. The number of rotatable bonds is 4. The molecule has 3 rings (SSSR count). The van der Waals surface area contributed by atoms with Crippen molar-refractivity contribution in [3.8, 4) is 5.75 Å². The van der Waals surface area contributed by atoms with Crippen molar-refractivity contribution in [3.05, 3.63) is 65.1 Å². The molecule has 1 N–H and O–H groups in total. The predicted molar refractivity (Wildman–Crippen MR) is 79.5 cm³/mol. The number of para-hydroxylation sites is 1. The van der Waals surface area contributed by atoms with E-state index in [2.05, 4.69) is 4.98 Å². The molecule has 3 aromatic rings. The third kappa shape index (κ3) is 2.76. The molecule has 0 atom stereocenters. The molecule has 2 aromatic carbocycles. The Morgan fingerprint density at radius 2 is 2.05 bits per heavy atom. The topological polar surface area (TPSA) is 42.1 Å². The molecular formula is C16H11ClFNO2. The van der Waals surface area contributed by atoms with E-state index in [9.17, 15) is 9.18 Å². The van der Waals surface area contributed by atoms with E-state index >= 15 is 0 Å². The predicted octanol–water partition coefficient (Wildman–Crippen LogP) is 4.22. The van der Waals surface area contributed by atoms with Crippen LogP contribution in [0.1, 0.15) is 10.4 Å². The Hall–Kier alpha value is -2.33. The highest BCUT2D eigenvalue weighted by Gasteiger charge is 2.13. The van der Waals surface area contributed by atoms with Gasteiger partial charge in [0.05, 0.1) is 5.02 Å². The van der Waals surface area contributed by atoms with Crippen LogP contribution in [-0.4, -0.2) is 17.4 Å². The summed E-state index contributed by atoms with van der Waals surface area (Å²) in [4.78, 5) is 15.2. The van der Waals surface area contributed by atoms with Crippen molar-refractivity contribution >= 4 is 28.3 Å². The second-order valence-corrected chi connectivity index (χ2v) is 4.94. The van der Waals surface area contributed by atoms with Gasteiger partial charge in [-0.05, 0) is 24.3 Å². The van der Waals surface area contributed by atoms with Crippen molar-refractivity contribution in [1.82, 2.24) is 4.98 Å². The number of nitrogens with one attached hydrogen (secondary N) is 1. The van der Waals surface area contributed by atoms with Crippen LogP contribution in [0.25, 0.3) is 10.9 Å². The lowest BCUT2D eigenvalue weighted by Crippen LogP contribution is -2.11. The van der Waals surface area contributed by atoms with Gasteiger partial charge in [-0.15, -0.1) is 0 Å². The van der Waals surface area contributed by atoms with Crippen LogP contribution in [0.2, 0.25) is 5.02 Å². The first kappa shape index (κ1) is 13.6. The lowest BCUT2D eigenvalue weighted by Gasteiger charge is -2.07. The number of benzene rings is 2. The second-order valence-electron chi connectivity index (χ2n) is 4.53. The van der Waals surface area contributed by atoms with Gasteiger partial charge in [0.15, 0.2) is 6.61 Å². The molecule has 3 nitrogen and oxygen atoms in total. The number of carbonyl (C=O) groups excluding carboxylic acids is 1. The zero-order chi connectivity index (χ0) is 14.8. The molecule has 0 saturated carbocycles. The molecule has 0 bridgehead atoms. The highest BCUT2D eigenvalue weighted by molar-refractivity contribution is 6.32. The smallest absolute Gasteiger partial charge is 0.202 e. The fourth-order valence-corrected chi connectivity index (χ4v) is 2.34. The van der Waals surface area contributed by atoms with Gasteiger partial charge in [0.2, 0.25) is 5.78 Å². The molecule has 0 spiro atoms. The largest absolute Gasteiger partial charge is 0.484 e. The third-order valence-corrected chi connectivity index (χ3v) is 3.44. The van der Waals surface area contributed by atoms with Crippen LogP contribution in [0.3, 0.4) is 0 Å². The van der Waals surface area contributed by atoms with Gasteiger partial charge >= 0.3 is 0 Å². The number of H-pyrrole nitrogens is 1. The number of aromatic nitrogens is 1. The Kier molecular flexibility index (Phi) is 3.62. The van der Waals surface area contributed by atoms with Crippen LogP contribution >= 0.6 is 11.6 Å². The molecule has 5 heteroatoms. The monoisotopic (exact) mass is 303 g/mol. The zero-order valence-corrected chi connectivity index (χ0v) is 11.7. The Balaban J connectivity index is 1.77. The molecule has 0 aliphatic heterocycles. The highest BCUT2D eigenvalue weighted by Crippen LogP contribution is 2.25. The summed E-state index contributed by atoms with van der Waals surface area (Å²) in [5.41, 5.74) is 1.45. The molecule has 106 valence electrons. The van der Waals surface area contributed by atoms with E-state index in [1.807, 2.05) is 24.3 Å². The summed E-state index contributed by atoms with van der Waals surface area (Å²) in [5.74, 6) is -0.339. The molecule has 21 heavy (non-hydrogen) atoms. The summed E-state index contributed by atoms with van der Waals surface area (Å²) < 4.78 is 18.3. The minimum Gasteiger partial charge on any atom is -0.484 e. The van der Waals surface area contributed by atoms with Crippen LogP contribution in [0, 0.1) is 5.82 Å². The van der Waals surface area contributed by atoms with Crippen molar-refractivity contribution in [2.24, 2.45) is 0 Å². The third-order valence-electron chi connectivity index (χ3n) is 3.14. The fraction of sp³-hybridized carbons (Fsp3) is 0.0625. The van der Waals surface area contributed by atoms with E-state index in [0.29, 0.717) is 5.56 Å². The minimum atomic E-state index is -0.449. The first-order valence-corrected chi connectivity index (χ1v) is 6.70. The highest BCUT2D eigenvalue weighted by atomic mass is 35.5. The quantitative estimate of drug-likeness (QED) is 0.733. The summed E-state index contributed by atoms with van der Waals surface area (Å²) in [6.45, 7) is -0.160. The van der Waals surface area contributed by atoms with Crippen molar-refractivity contribution in [3.63, 3.8) is 0 Å². The fourth-order valence-electron chi connectivity index (χ4n) is 2.12. The van der Waals surface area contributed by atoms with E-state index in [4.69, 9.17) is 16.3 Å². The van der Waals surface area contributed by atoms with Gasteiger partial charge in [0.1, 0.15) is 11.6 Å². The molecule has 0 saturated heterocycles. The van der Waals surface area contributed by atoms with Crippen LogP contribution in [0.4, 0.5) is 4.39 Å². The number of ether oxygens (including phenoxy) is 1. The van der Waals surface area contributed by atoms with Crippen molar-refractivity contribution in [2.75, 3.05) is 6.61 Å². The van der Waals surface area contributed by atoms with Crippen LogP contribution in [0.15, 0.2) is 48.7 Å². The van der Waals surface area contributed by atoms with E-state index in [1.54, 1.807) is 6.20 Å². The van der Waals surface area contributed by atoms with Crippen LogP contribution in [0.5, 0.6) is 5.75 Å². The number of ketones is 1. The first-order valence-electron chi connectivity index (χ1n) is 6.32. The molecular weight excluding hydrogens is 293 g/mol. The maximum absolute atomic E-state index is 12.9. The number of hydrogen-bond donors (Lipinski definition) is 1. The molecule has 1 aromatic heterocycles. The minimum absolute atomic E-state index is 0.140. The van der Waals surface area contributed by atoms with E-state index in [-0.39, 0.29) is 23.2 Å². The van der Waals surface area contributed by atoms with Crippen LogP contribution in [-0.2, 0) is 0 Å². The summed E-state index contributed by atoms with van der Waals surface area (Å²) in [7, 11) is 0. The van der Waals surface area contributed by atoms with E-state index in [1.165, 1.54) is 12.1 Å². The second kappa shape index (κ2) is 5.58. The molecule has 0 fully saturated rings. The molecule has 0 radical (unpaired) electrons. The Bertz CT molecular complexity index is 813. The summed E-state index contributed by atoms with van der Waals surface area (Å²) in [6.07, 6.45) is 1.66. The van der Waals surface area contributed by atoms with Gasteiger partial charge < -0.3 is 9.72 Å². The molecule has 0 aliphatic carbocycles. The van der Waals surface area contributed by atoms with Crippen molar-refractivity contribution < 1.29 is 13.9 Å². The Morgan fingerprint density at radius 1 is 1.24 bits per heavy atom.